The van der Waals surface area contributed by atoms with Crippen molar-refractivity contribution in [2.75, 3.05) is 0 Å². The number of rotatable bonds is 1. The van der Waals surface area contributed by atoms with Crippen molar-refractivity contribution >= 4 is 18.4 Å². The lowest BCUT2D eigenvalue weighted by molar-refractivity contribution is -0.142. The van der Waals surface area contributed by atoms with Gasteiger partial charge in [0.25, 0.3) is 0 Å². The van der Waals surface area contributed by atoms with Crippen LogP contribution in [0.4, 0.5) is 0 Å². The second kappa shape index (κ2) is 4.46. The molecule has 0 aromatic carbocycles. The first-order valence-corrected chi connectivity index (χ1v) is 4.50. The molecule has 1 aliphatic rings. The second-order valence-corrected chi connectivity index (χ2v) is 3.40. The van der Waals surface area contributed by atoms with Gasteiger partial charge in [-0.05, 0) is 12.8 Å². The van der Waals surface area contributed by atoms with Gasteiger partial charge in [0.15, 0.2) is 0 Å². The normalized spacial score (nSPS) is 20.4. The van der Waals surface area contributed by atoms with Gasteiger partial charge in [0, 0.05) is 25.4 Å². The van der Waals surface area contributed by atoms with Crippen molar-refractivity contribution in [3.05, 3.63) is 18.2 Å². The summed E-state index contributed by atoms with van der Waals surface area (Å²) in [6, 6.07) is 0. The van der Waals surface area contributed by atoms with E-state index in [-0.39, 0.29) is 18.3 Å². The summed E-state index contributed by atoms with van der Waals surface area (Å²) in [5, 5.41) is 8.85. The molecule has 1 aromatic rings. The number of hydrogen-bond donors (Lipinski definition) is 1. The van der Waals surface area contributed by atoms with Crippen molar-refractivity contribution in [3.8, 4) is 0 Å². The Balaban J connectivity index is 0.000000980. The molecule has 2 rings (SSSR count). The van der Waals surface area contributed by atoms with Gasteiger partial charge in [-0.1, -0.05) is 0 Å². The molecule has 1 aliphatic heterocycles. The number of carboxylic acid groups (broad SMARTS) is 1. The van der Waals surface area contributed by atoms with E-state index in [0.29, 0.717) is 6.42 Å². The molecule has 1 atom stereocenters. The monoisotopic (exact) mass is 216 g/mol. The predicted octanol–water partition coefficient (Wildman–Crippen LogP) is 1.34. The largest absolute Gasteiger partial charge is 0.481 e. The zero-order chi connectivity index (χ0) is 9.26. The maximum Gasteiger partial charge on any atom is 0.306 e. The molecule has 0 aliphatic carbocycles. The summed E-state index contributed by atoms with van der Waals surface area (Å²) in [6.45, 7) is 0.784. The number of aryl methyl sites for hydroxylation is 2. The molecule has 0 radical (unpaired) electrons. The Bertz CT molecular complexity index is 302. The summed E-state index contributed by atoms with van der Waals surface area (Å²) in [7, 11) is 0. The van der Waals surface area contributed by atoms with Crippen LogP contribution in [0.5, 0.6) is 0 Å². The van der Waals surface area contributed by atoms with Gasteiger partial charge < -0.3 is 9.67 Å². The third-order valence-electron chi connectivity index (χ3n) is 2.59. The summed E-state index contributed by atoms with van der Waals surface area (Å²) in [5.41, 5.74) is 0. The number of carbonyl (C=O) groups is 1. The van der Waals surface area contributed by atoms with Crippen LogP contribution in [0.2, 0.25) is 0 Å². The zero-order valence-electron chi connectivity index (χ0n) is 7.72. The molecule has 0 amide bonds. The summed E-state index contributed by atoms with van der Waals surface area (Å²) < 4.78 is 2.04. The molecular weight excluding hydrogens is 204 g/mol. The van der Waals surface area contributed by atoms with Crippen LogP contribution >= 0.6 is 12.4 Å². The van der Waals surface area contributed by atoms with Gasteiger partial charge in [-0.15, -0.1) is 12.4 Å². The fourth-order valence-corrected chi connectivity index (χ4v) is 1.76. The predicted molar refractivity (Wildman–Crippen MR) is 53.5 cm³/mol. The number of nitrogens with zero attached hydrogens (tertiary/aromatic N) is 2. The van der Waals surface area contributed by atoms with E-state index in [1.807, 2.05) is 10.8 Å². The van der Waals surface area contributed by atoms with Crippen LogP contribution in [0, 0.1) is 5.92 Å². The van der Waals surface area contributed by atoms with E-state index in [0.717, 1.165) is 25.2 Å². The van der Waals surface area contributed by atoms with Crippen LogP contribution < -0.4 is 0 Å². The van der Waals surface area contributed by atoms with Crippen molar-refractivity contribution in [2.45, 2.75) is 25.8 Å². The quantitative estimate of drug-likeness (QED) is 0.771. The first-order chi connectivity index (χ1) is 6.27. The first-order valence-electron chi connectivity index (χ1n) is 4.50. The number of imidazole rings is 1. The number of halogens is 1. The van der Waals surface area contributed by atoms with Crippen LogP contribution in [0.3, 0.4) is 0 Å². The minimum absolute atomic E-state index is 0. The van der Waals surface area contributed by atoms with E-state index >= 15 is 0 Å². The molecule has 0 saturated heterocycles. The summed E-state index contributed by atoms with van der Waals surface area (Å²) in [4.78, 5) is 14.9. The van der Waals surface area contributed by atoms with Crippen LogP contribution in [0.1, 0.15) is 18.7 Å². The van der Waals surface area contributed by atoms with E-state index in [1.54, 1.807) is 6.20 Å². The van der Waals surface area contributed by atoms with Crippen molar-refractivity contribution in [3.63, 3.8) is 0 Å². The number of hydrogen-bond acceptors (Lipinski definition) is 2. The van der Waals surface area contributed by atoms with Crippen LogP contribution in [-0.4, -0.2) is 20.6 Å². The second-order valence-electron chi connectivity index (χ2n) is 3.40. The number of aromatic nitrogens is 2. The van der Waals surface area contributed by atoms with Gasteiger partial charge in [-0.3, -0.25) is 4.79 Å². The molecule has 0 bridgehead atoms. The van der Waals surface area contributed by atoms with Gasteiger partial charge in [-0.25, -0.2) is 4.98 Å². The number of fused-ring (bicyclic) bond motifs is 1. The summed E-state index contributed by atoms with van der Waals surface area (Å²) in [5.74, 6) is 0.149. The van der Waals surface area contributed by atoms with Crippen molar-refractivity contribution in [1.29, 1.82) is 0 Å². The Kier molecular flexibility index (Phi) is 3.52. The minimum Gasteiger partial charge on any atom is -0.481 e. The van der Waals surface area contributed by atoms with E-state index in [4.69, 9.17) is 5.11 Å². The maximum atomic E-state index is 10.8. The molecule has 1 aromatic heterocycles. The summed E-state index contributed by atoms with van der Waals surface area (Å²) >= 11 is 0. The zero-order valence-corrected chi connectivity index (χ0v) is 8.54. The Labute approximate surface area is 88.4 Å². The third kappa shape index (κ3) is 2.07. The molecule has 4 nitrogen and oxygen atoms in total. The molecule has 0 fully saturated rings. The van der Waals surface area contributed by atoms with Crippen LogP contribution in [0.25, 0.3) is 0 Å². The highest BCUT2D eigenvalue weighted by molar-refractivity contribution is 5.85. The Morgan fingerprint density at radius 3 is 3.07 bits per heavy atom. The van der Waals surface area contributed by atoms with E-state index in [9.17, 15) is 4.79 Å². The number of carboxylic acids is 1. The van der Waals surface area contributed by atoms with Crippen LogP contribution in [-0.2, 0) is 17.8 Å². The number of aliphatic carboxylic acids is 1. The van der Waals surface area contributed by atoms with Crippen molar-refractivity contribution in [1.82, 2.24) is 9.55 Å². The highest BCUT2D eigenvalue weighted by Gasteiger charge is 2.21. The standard InChI is InChI=1S/C9H12N2O2.ClH/c12-9(13)7-1-2-8-10-4-6-11(8)5-3-7;/h4,6-7H,1-3,5H2,(H,12,13);1H. The van der Waals surface area contributed by atoms with E-state index in [1.165, 1.54) is 0 Å². The SMILES string of the molecule is Cl.O=C(O)C1CCc2nccn2CC1. The topological polar surface area (TPSA) is 55.1 Å². The molecule has 0 saturated carbocycles. The molecule has 5 heteroatoms. The maximum absolute atomic E-state index is 10.8. The van der Waals surface area contributed by atoms with Gasteiger partial charge in [-0.2, -0.15) is 0 Å². The van der Waals surface area contributed by atoms with Crippen LogP contribution in [0.15, 0.2) is 12.4 Å². The minimum atomic E-state index is -0.675. The van der Waals surface area contributed by atoms with Gasteiger partial charge in [0.1, 0.15) is 5.82 Å². The molecule has 78 valence electrons. The lowest BCUT2D eigenvalue weighted by Crippen LogP contribution is -2.13. The van der Waals surface area contributed by atoms with Gasteiger partial charge in [0.05, 0.1) is 5.92 Å². The fraction of sp³-hybridized carbons (Fsp3) is 0.556. The summed E-state index contributed by atoms with van der Waals surface area (Å²) in [6.07, 6.45) is 5.91. The lowest BCUT2D eigenvalue weighted by Gasteiger charge is -2.06. The van der Waals surface area contributed by atoms with E-state index < -0.39 is 5.97 Å². The Morgan fingerprint density at radius 2 is 2.36 bits per heavy atom. The molecule has 0 spiro atoms. The average Bonchev–Trinajstić information content (AvgIpc) is 2.44. The lowest BCUT2D eigenvalue weighted by atomic mass is 10.0. The molecule has 1 unspecified atom stereocenters. The third-order valence-corrected chi connectivity index (χ3v) is 2.59. The Hall–Kier alpha value is -1.03. The van der Waals surface area contributed by atoms with Gasteiger partial charge >= 0.3 is 5.97 Å². The smallest absolute Gasteiger partial charge is 0.306 e. The average molecular weight is 217 g/mol. The van der Waals surface area contributed by atoms with Crippen molar-refractivity contribution in [2.24, 2.45) is 5.92 Å². The molecular formula is C9H13ClN2O2. The van der Waals surface area contributed by atoms with Gasteiger partial charge in [0.2, 0.25) is 0 Å². The first kappa shape index (κ1) is 11.0. The Morgan fingerprint density at radius 1 is 1.57 bits per heavy atom. The highest BCUT2D eigenvalue weighted by atomic mass is 35.5. The fourth-order valence-electron chi connectivity index (χ4n) is 1.76. The van der Waals surface area contributed by atoms with Crippen molar-refractivity contribution < 1.29 is 9.90 Å². The molecule has 1 N–H and O–H groups in total. The molecule has 14 heavy (non-hydrogen) atoms. The van der Waals surface area contributed by atoms with E-state index in [2.05, 4.69) is 4.98 Å². The highest BCUT2D eigenvalue weighted by Crippen LogP contribution is 2.18. The molecule has 2 heterocycles.